The maximum atomic E-state index is 11.1. The first-order valence-corrected chi connectivity index (χ1v) is 7.46. The Bertz CT molecular complexity index is 624. The van der Waals surface area contributed by atoms with Crippen molar-refractivity contribution in [2.45, 2.75) is 19.9 Å². The van der Waals surface area contributed by atoms with E-state index in [1.54, 1.807) is 13.8 Å². The van der Waals surface area contributed by atoms with Crippen molar-refractivity contribution in [1.82, 2.24) is 20.2 Å². The Hall–Kier alpha value is -1.28. The third kappa shape index (κ3) is 3.06. The molecule has 0 saturated heterocycles. The minimum absolute atomic E-state index is 0.352. The van der Waals surface area contributed by atoms with Crippen molar-refractivity contribution in [2.24, 2.45) is 5.92 Å². The molecule has 2 rings (SSSR count). The van der Waals surface area contributed by atoms with Crippen LogP contribution in [0.25, 0.3) is 11.4 Å². The number of aliphatic carboxylic acids is 1. The Kier molecular flexibility index (Phi) is 4.54. The highest BCUT2D eigenvalue weighted by molar-refractivity contribution is 9.11. The molecule has 2 aromatic rings. The van der Waals surface area contributed by atoms with E-state index in [9.17, 15) is 4.79 Å². The smallest absolute Gasteiger partial charge is 0.308 e. The summed E-state index contributed by atoms with van der Waals surface area (Å²) in [5, 5.41) is 20.7. The summed E-state index contributed by atoms with van der Waals surface area (Å²) >= 11 is 6.82. The van der Waals surface area contributed by atoms with Crippen LogP contribution in [-0.2, 0) is 4.79 Å². The number of hydrogen-bond donors (Lipinski definition) is 1. The fourth-order valence-corrected chi connectivity index (χ4v) is 3.05. The molecule has 2 unspecified atom stereocenters. The molecule has 0 saturated carbocycles. The molecule has 0 spiro atoms. The Morgan fingerprint density at radius 1 is 1.25 bits per heavy atom. The first-order chi connectivity index (χ1) is 9.40. The van der Waals surface area contributed by atoms with Crippen LogP contribution in [0.1, 0.15) is 19.9 Å². The van der Waals surface area contributed by atoms with E-state index in [0.717, 1.165) is 14.5 Å². The van der Waals surface area contributed by atoms with Crippen LogP contribution in [0.4, 0.5) is 0 Å². The molecule has 8 heteroatoms. The molecule has 0 amide bonds. The van der Waals surface area contributed by atoms with Crippen LogP contribution in [0, 0.1) is 5.92 Å². The van der Waals surface area contributed by atoms with E-state index in [-0.39, 0.29) is 6.04 Å². The SMILES string of the molecule is CC(C(=O)O)C(C)n1nnnc1-c1cc(Br)cc(Br)c1. The second-order valence-corrected chi connectivity index (χ2v) is 6.30. The maximum absolute atomic E-state index is 11.1. The summed E-state index contributed by atoms with van der Waals surface area (Å²) < 4.78 is 3.30. The number of rotatable bonds is 4. The molecule has 0 radical (unpaired) electrons. The number of nitrogens with zero attached hydrogens (tertiary/aromatic N) is 4. The third-order valence-corrected chi connectivity index (χ3v) is 4.03. The van der Waals surface area contributed by atoms with Crippen molar-refractivity contribution in [3.05, 3.63) is 27.1 Å². The minimum atomic E-state index is -0.880. The van der Waals surface area contributed by atoms with E-state index in [1.165, 1.54) is 4.68 Å². The predicted molar refractivity (Wildman–Crippen MR) is 80.2 cm³/mol. The first kappa shape index (κ1) is 15.1. The van der Waals surface area contributed by atoms with Gasteiger partial charge in [-0.15, -0.1) is 5.10 Å². The van der Waals surface area contributed by atoms with Gasteiger partial charge < -0.3 is 5.11 Å². The maximum Gasteiger partial charge on any atom is 0.308 e. The highest BCUT2D eigenvalue weighted by Crippen LogP contribution is 2.28. The molecule has 0 aliphatic rings. The van der Waals surface area contributed by atoms with E-state index >= 15 is 0 Å². The van der Waals surface area contributed by atoms with Crippen molar-refractivity contribution in [3.8, 4) is 11.4 Å². The average Bonchev–Trinajstić information content (AvgIpc) is 2.84. The van der Waals surface area contributed by atoms with Crippen molar-refractivity contribution in [2.75, 3.05) is 0 Å². The number of aromatic nitrogens is 4. The summed E-state index contributed by atoms with van der Waals surface area (Å²) in [4.78, 5) is 11.1. The molecule has 0 aliphatic heterocycles. The van der Waals surface area contributed by atoms with Crippen LogP contribution in [0.2, 0.25) is 0 Å². The molecule has 106 valence electrons. The first-order valence-electron chi connectivity index (χ1n) is 5.87. The summed E-state index contributed by atoms with van der Waals surface area (Å²) in [6, 6.07) is 5.31. The number of halogens is 2. The number of carboxylic acid groups (broad SMARTS) is 1. The third-order valence-electron chi connectivity index (χ3n) is 3.11. The minimum Gasteiger partial charge on any atom is -0.481 e. The molecule has 0 aliphatic carbocycles. The number of tetrazole rings is 1. The lowest BCUT2D eigenvalue weighted by Crippen LogP contribution is -2.23. The highest BCUT2D eigenvalue weighted by Gasteiger charge is 2.25. The van der Waals surface area contributed by atoms with Crippen molar-refractivity contribution in [3.63, 3.8) is 0 Å². The summed E-state index contributed by atoms with van der Waals surface area (Å²) in [5.74, 6) is -0.935. The fourth-order valence-electron chi connectivity index (χ4n) is 1.76. The van der Waals surface area contributed by atoms with Gasteiger partial charge >= 0.3 is 5.97 Å². The molecule has 2 atom stereocenters. The fraction of sp³-hybridized carbons (Fsp3) is 0.333. The second-order valence-electron chi connectivity index (χ2n) is 4.47. The average molecular weight is 404 g/mol. The van der Waals surface area contributed by atoms with Crippen LogP contribution in [-0.4, -0.2) is 31.3 Å². The summed E-state index contributed by atoms with van der Waals surface area (Å²) in [6.07, 6.45) is 0. The van der Waals surface area contributed by atoms with E-state index < -0.39 is 11.9 Å². The van der Waals surface area contributed by atoms with Gasteiger partial charge in [0, 0.05) is 14.5 Å². The molecular formula is C12H12Br2N4O2. The lowest BCUT2D eigenvalue weighted by molar-refractivity contribution is -0.142. The van der Waals surface area contributed by atoms with Gasteiger partial charge in [0.25, 0.3) is 0 Å². The van der Waals surface area contributed by atoms with Gasteiger partial charge in [-0.05, 0) is 42.5 Å². The number of carbonyl (C=O) groups is 1. The van der Waals surface area contributed by atoms with Gasteiger partial charge in [-0.2, -0.15) is 0 Å². The van der Waals surface area contributed by atoms with E-state index in [4.69, 9.17) is 5.11 Å². The molecule has 0 bridgehead atoms. The van der Waals surface area contributed by atoms with Gasteiger partial charge in [0.05, 0.1) is 12.0 Å². The zero-order valence-electron chi connectivity index (χ0n) is 10.8. The zero-order chi connectivity index (χ0) is 14.9. The monoisotopic (exact) mass is 402 g/mol. The van der Waals surface area contributed by atoms with Gasteiger partial charge in [-0.25, -0.2) is 4.68 Å². The summed E-state index contributed by atoms with van der Waals surface area (Å²) in [5.41, 5.74) is 0.806. The molecular weight excluding hydrogens is 392 g/mol. The topological polar surface area (TPSA) is 80.9 Å². The number of hydrogen-bond acceptors (Lipinski definition) is 4. The molecule has 1 aromatic heterocycles. The van der Waals surface area contributed by atoms with Gasteiger partial charge in [0.2, 0.25) is 0 Å². The Balaban J connectivity index is 2.45. The molecule has 1 aromatic carbocycles. The van der Waals surface area contributed by atoms with Crippen LogP contribution in [0.3, 0.4) is 0 Å². The molecule has 1 N–H and O–H groups in total. The van der Waals surface area contributed by atoms with E-state index in [2.05, 4.69) is 47.4 Å². The number of benzene rings is 1. The standard InChI is InChI=1S/C12H12Br2N4O2/c1-6(12(19)20)7(2)18-11(15-16-17-18)8-3-9(13)5-10(14)4-8/h3-7H,1-2H3,(H,19,20). The quantitative estimate of drug-likeness (QED) is 0.847. The van der Waals surface area contributed by atoms with Gasteiger partial charge in [0.1, 0.15) is 0 Å². The van der Waals surface area contributed by atoms with Crippen molar-refractivity contribution in [1.29, 1.82) is 0 Å². The molecule has 6 nitrogen and oxygen atoms in total. The van der Waals surface area contributed by atoms with E-state index in [1.807, 2.05) is 18.2 Å². The largest absolute Gasteiger partial charge is 0.481 e. The Morgan fingerprint density at radius 3 is 2.40 bits per heavy atom. The van der Waals surface area contributed by atoms with E-state index in [0.29, 0.717) is 5.82 Å². The van der Waals surface area contributed by atoms with Crippen LogP contribution >= 0.6 is 31.9 Å². The number of carboxylic acids is 1. The van der Waals surface area contributed by atoms with Gasteiger partial charge in [-0.1, -0.05) is 31.9 Å². The zero-order valence-corrected chi connectivity index (χ0v) is 14.0. The molecule has 0 fully saturated rings. The highest BCUT2D eigenvalue weighted by atomic mass is 79.9. The summed E-state index contributed by atoms with van der Waals surface area (Å²) in [7, 11) is 0. The van der Waals surface area contributed by atoms with Crippen LogP contribution in [0.15, 0.2) is 27.1 Å². The van der Waals surface area contributed by atoms with Crippen molar-refractivity contribution < 1.29 is 9.90 Å². The molecule has 20 heavy (non-hydrogen) atoms. The molecule has 1 heterocycles. The van der Waals surface area contributed by atoms with Crippen LogP contribution in [0.5, 0.6) is 0 Å². The van der Waals surface area contributed by atoms with Gasteiger partial charge in [-0.3, -0.25) is 4.79 Å². The lowest BCUT2D eigenvalue weighted by atomic mass is 10.0. The predicted octanol–water partition coefficient (Wildman–Crippen LogP) is 3.15. The normalized spacial score (nSPS) is 14.0. The lowest BCUT2D eigenvalue weighted by Gasteiger charge is -2.17. The van der Waals surface area contributed by atoms with Gasteiger partial charge in [0.15, 0.2) is 5.82 Å². The van der Waals surface area contributed by atoms with Crippen LogP contribution < -0.4 is 0 Å². The van der Waals surface area contributed by atoms with Crippen molar-refractivity contribution >= 4 is 37.8 Å². The Morgan fingerprint density at radius 2 is 1.85 bits per heavy atom. The summed E-state index contributed by atoms with van der Waals surface area (Å²) in [6.45, 7) is 3.42. The second kappa shape index (κ2) is 6.01. The Labute approximate surface area is 132 Å².